The van der Waals surface area contributed by atoms with Crippen LogP contribution in [-0.4, -0.2) is 47.4 Å². The predicted molar refractivity (Wildman–Crippen MR) is 126 cm³/mol. The number of nitrogens with one attached hydrogen (secondary N) is 2. The number of rotatable bonds is 7. The molecular formula is C24H31ClN4O3. The molecule has 172 valence electrons. The van der Waals surface area contributed by atoms with Crippen molar-refractivity contribution in [3.8, 4) is 5.75 Å². The largest absolute Gasteiger partial charge is 0.496 e. The lowest BCUT2D eigenvalue weighted by Gasteiger charge is -2.20. The fraction of sp³-hybridized carbons (Fsp3) is 0.458. The number of benzene rings is 1. The number of aromatic nitrogens is 1. The topological polar surface area (TPSA) is 83.6 Å². The number of carbonyl (C=O) groups is 2. The lowest BCUT2D eigenvalue weighted by molar-refractivity contribution is -0.115. The van der Waals surface area contributed by atoms with Crippen molar-refractivity contribution in [3.63, 3.8) is 0 Å². The SMILES string of the molecule is COc1cc(CN2CCCC2)c(Cl)cc1CC(=O)Nc1ccnc(C(=O)NC(C)(C)C)c1. The van der Waals surface area contributed by atoms with Crippen molar-refractivity contribution in [2.75, 3.05) is 25.5 Å². The Morgan fingerprint density at radius 1 is 1.16 bits per heavy atom. The number of likely N-dealkylation sites (tertiary alicyclic amines) is 1. The number of nitrogens with zero attached hydrogens (tertiary/aromatic N) is 2. The van der Waals surface area contributed by atoms with Crippen LogP contribution in [0, 0.1) is 0 Å². The summed E-state index contributed by atoms with van der Waals surface area (Å²) in [4.78, 5) is 31.5. The zero-order chi connectivity index (χ0) is 23.3. The van der Waals surface area contributed by atoms with Gasteiger partial charge in [-0.2, -0.15) is 0 Å². The normalized spacial score (nSPS) is 14.3. The van der Waals surface area contributed by atoms with Crippen LogP contribution in [0.3, 0.4) is 0 Å². The minimum atomic E-state index is -0.380. The van der Waals surface area contributed by atoms with Gasteiger partial charge >= 0.3 is 0 Å². The first kappa shape index (κ1) is 24.0. The maximum atomic E-state index is 12.7. The van der Waals surface area contributed by atoms with Gasteiger partial charge in [0.2, 0.25) is 5.91 Å². The standard InChI is InChI=1S/C24H31ClN4O3/c1-24(2,3)28-23(31)20-14-18(7-8-26-20)27-22(30)13-16-11-19(25)17(12-21(16)32-4)15-29-9-5-6-10-29/h7-8,11-12,14H,5-6,9-10,13,15H2,1-4H3,(H,28,31)(H,26,27,30). The fourth-order valence-electron chi connectivity index (χ4n) is 3.68. The van der Waals surface area contributed by atoms with E-state index in [2.05, 4.69) is 20.5 Å². The second kappa shape index (κ2) is 10.3. The Hall–Kier alpha value is -2.64. The lowest BCUT2D eigenvalue weighted by Crippen LogP contribution is -2.40. The van der Waals surface area contributed by atoms with Gasteiger partial charge in [0.1, 0.15) is 11.4 Å². The highest BCUT2D eigenvalue weighted by Gasteiger charge is 2.19. The molecule has 1 aromatic carbocycles. The van der Waals surface area contributed by atoms with Gasteiger partial charge in [-0.3, -0.25) is 19.5 Å². The molecular weight excluding hydrogens is 428 g/mol. The average molecular weight is 459 g/mol. The van der Waals surface area contributed by atoms with Crippen molar-refractivity contribution in [3.05, 3.63) is 52.3 Å². The van der Waals surface area contributed by atoms with Crippen LogP contribution in [0.5, 0.6) is 5.75 Å². The van der Waals surface area contributed by atoms with E-state index in [1.165, 1.54) is 19.0 Å². The molecule has 2 N–H and O–H groups in total. The number of anilines is 1. The summed E-state index contributed by atoms with van der Waals surface area (Å²) in [5.41, 5.74) is 2.07. The number of halogens is 1. The van der Waals surface area contributed by atoms with E-state index in [-0.39, 0.29) is 29.5 Å². The van der Waals surface area contributed by atoms with Gasteiger partial charge in [0.15, 0.2) is 0 Å². The number of carbonyl (C=O) groups excluding carboxylic acids is 2. The lowest BCUT2D eigenvalue weighted by atomic mass is 10.1. The highest BCUT2D eigenvalue weighted by Crippen LogP contribution is 2.29. The van der Waals surface area contributed by atoms with Gasteiger partial charge in [0, 0.05) is 34.6 Å². The molecule has 1 aliphatic heterocycles. The minimum Gasteiger partial charge on any atom is -0.496 e. The molecule has 1 saturated heterocycles. The number of methoxy groups -OCH3 is 1. The Bertz CT molecular complexity index is 982. The third-order valence-corrected chi connectivity index (χ3v) is 5.51. The monoisotopic (exact) mass is 458 g/mol. The van der Waals surface area contributed by atoms with Crippen LogP contribution in [0.25, 0.3) is 0 Å². The molecule has 1 aliphatic rings. The summed E-state index contributed by atoms with van der Waals surface area (Å²) in [5, 5.41) is 6.32. The molecule has 0 aliphatic carbocycles. The minimum absolute atomic E-state index is 0.0960. The van der Waals surface area contributed by atoms with E-state index in [1.54, 1.807) is 25.3 Å². The van der Waals surface area contributed by atoms with Gasteiger partial charge in [0.25, 0.3) is 5.91 Å². The van der Waals surface area contributed by atoms with E-state index in [4.69, 9.17) is 16.3 Å². The van der Waals surface area contributed by atoms with Crippen LogP contribution >= 0.6 is 11.6 Å². The van der Waals surface area contributed by atoms with E-state index >= 15 is 0 Å². The maximum Gasteiger partial charge on any atom is 0.270 e. The number of hydrogen-bond acceptors (Lipinski definition) is 5. The molecule has 2 aromatic rings. The van der Waals surface area contributed by atoms with Gasteiger partial charge in [-0.25, -0.2) is 0 Å². The zero-order valence-electron chi connectivity index (χ0n) is 19.1. The van der Waals surface area contributed by atoms with E-state index in [1.807, 2.05) is 26.8 Å². The predicted octanol–water partition coefficient (Wildman–Crippen LogP) is 4.05. The van der Waals surface area contributed by atoms with E-state index in [0.717, 1.165) is 25.2 Å². The van der Waals surface area contributed by atoms with Crippen LogP contribution in [0.1, 0.15) is 55.2 Å². The second-order valence-corrected chi connectivity index (χ2v) is 9.50. The molecule has 2 amide bonds. The smallest absolute Gasteiger partial charge is 0.270 e. The summed E-state index contributed by atoms with van der Waals surface area (Å²) in [6.07, 6.45) is 4.01. The van der Waals surface area contributed by atoms with Gasteiger partial charge in [-0.1, -0.05) is 11.6 Å². The molecule has 0 spiro atoms. The van der Waals surface area contributed by atoms with Crippen LogP contribution in [0.4, 0.5) is 5.69 Å². The number of amides is 2. The number of ether oxygens (including phenoxy) is 1. The number of hydrogen-bond donors (Lipinski definition) is 2. The molecule has 8 heteroatoms. The summed E-state index contributed by atoms with van der Waals surface area (Å²) in [6, 6.07) is 6.93. The van der Waals surface area contributed by atoms with Gasteiger partial charge in [0.05, 0.1) is 13.5 Å². The molecule has 2 heterocycles. The third kappa shape index (κ3) is 6.68. The highest BCUT2D eigenvalue weighted by molar-refractivity contribution is 6.31. The van der Waals surface area contributed by atoms with Crippen molar-refractivity contribution in [1.29, 1.82) is 0 Å². The van der Waals surface area contributed by atoms with Crippen molar-refractivity contribution in [1.82, 2.24) is 15.2 Å². The molecule has 0 atom stereocenters. The molecule has 0 radical (unpaired) electrons. The van der Waals surface area contributed by atoms with Gasteiger partial charge < -0.3 is 15.4 Å². The van der Waals surface area contributed by atoms with Crippen LogP contribution in [0.2, 0.25) is 5.02 Å². The molecule has 0 saturated carbocycles. The van der Waals surface area contributed by atoms with Crippen molar-refractivity contribution in [2.45, 2.75) is 52.1 Å². The first-order valence-electron chi connectivity index (χ1n) is 10.8. The second-order valence-electron chi connectivity index (χ2n) is 9.10. The number of pyridine rings is 1. The average Bonchev–Trinajstić information content (AvgIpc) is 3.22. The Labute approximate surface area is 194 Å². The Morgan fingerprint density at radius 3 is 2.53 bits per heavy atom. The maximum absolute atomic E-state index is 12.7. The summed E-state index contributed by atoms with van der Waals surface area (Å²) in [7, 11) is 1.59. The van der Waals surface area contributed by atoms with Gasteiger partial charge in [-0.15, -0.1) is 0 Å². The van der Waals surface area contributed by atoms with Crippen LogP contribution in [0.15, 0.2) is 30.5 Å². The molecule has 1 fully saturated rings. The molecule has 1 aromatic heterocycles. The molecule has 0 unspecified atom stereocenters. The van der Waals surface area contributed by atoms with Crippen LogP contribution < -0.4 is 15.4 Å². The summed E-state index contributed by atoms with van der Waals surface area (Å²) >= 11 is 6.52. The molecule has 3 rings (SSSR count). The van der Waals surface area contributed by atoms with E-state index in [0.29, 0.717) is 22.0 Å². The fourth-order valence-corrected chi connectivity index (χ4v) is 3.93. The van der Waals surface area contributed by atoms with E-state index in [9.17, 15) is 9.59 Å². The zero-order valence-corrected chi connectivity index (χ0v) is 19.9. The van der Waals surface area contributed by atoms with Gasteiger partial charge in [-0.05, 0) is 76.5 Å². The van der Waals surface area contributed by atoms with E-state index < -0.39 is 0 Å². The Balaban J connectivity index is 1.68. The van der Waals surface area contributed by atoms with Crippen molar-refractivity contribution >= 4 is 29.1 Å². The summed E-state index contributed by atoms with van der Waals surface area (Å²) < 4.78 is 5.53. The molecule has 0 bridgehead atoms. The summed E-state index contributed by atoms with van der Waals surface area (Å²) in [5.74, 6) is 0.106. The Morgan fingerprint density at radius 2 is 1.88 bits per heavy atom. The highest BCUT2D eigenvalue weighted by atomic mass is 35.5. The van der Waals surface area contributed by atoms with Crippen molar-refractivity contribution < 1.29 is 14.3 Å². The molecule has 32 heavy (non-hydrogen) atoms. The Kier molecular flexibility index (Phi) is 7.74. The quantitative estimate of drug-likeness (QED) is 0.654. The first-order valence-corrected chi connectivity index (χ1v) is 11.2. The first-order chi connectivity index (χ1) is 15.1. The van der Waals surface area contributed by atoms with Crippen LogP contribution in [-0.2, 0) is 17.8 Å². The third-order valence-electron chi connectivity index (χ3n) is 5.16. The van der Waals surface area contributed by atoms with Crippen molar-refractivity contribution in [2.24, 2.45) is 0 Å². The summed E-state index contributed by atoms with van der Waals surface area (Å²) in [6.45, 7) is 8.61. The molecule has 7 nitrogen and oxygen atoms in total.